The number of rotatable bonds is 6. The maximum atomic E-state index is 5.04. The molecule has 46 heavy (non-hydrogen) atoms. The smallest absolute Gasteiger partial charge is 0.159 e. The standard InChI is InChI=1S/C42H32N4/c1-3-11-32(12-4-1)40-44-41(33-13-5-2-6-14-33)46-42(45-40)34-24-20-30(21-25-34)36-27-26-35(37-15-7-8-16-38(36)37)29-18-22-31(23-19-29)39-17-9-10-28-43-39/h1-28,39-40,43H,(H,44,45,46). The van der Waals surface area contributed by atoms with Crippen molar-refractivity contribution in [2.75, 3.05) is 0 Å². The van der Waals surface area contributed by atoms with E-state index in [4.69, 9.17) is 9.98 Å². The van der Waals surface area contributed by atoms with Gasteiger partial charge in [-0.3, -0.25) is 0 Å². The summed E-state index contributed by atoms with van der Waals surface area (Å²) in [6, 6.07) is 51.5. The van der Waals surface area contributed by atoms with Gasteiger partial charge in [0.1, 0.15) is 12.0 Å². The maximum absolute atomic E-state index is 5.04. The molecule has 0 fully saturated rings. The molecule has 2 atom stereocenters. The highest BCUT2D eigenvalue weighted by Gasteiger charge is 2.21. The van der Waals surface area contributed by atoms with Crippen LogP contribution in [-0.4, -0.2) is 11.7 Å². The van der Waals surface area contributed by atoms with E-state index in [1.54, 1.807) is 0 Å². The predicted molar refractivity (Wildman–Crippen MR) is 191 cm³/mol. The zero-order valence-corrected chi connectivity index (χ0v) is 25.2. The van der Waals surface area contributed by atoms with Gasteiger partial charge in [-0.2, -0.15) is 0 Å². The van der Waals surface area contributed by atoms with Gasteiger partial charge in [0.2, 0.25) is 0 Å². The van der Waals surface area contributed by atoms with Gasteiger partial charge in [-0.1, -0.05) is 158 Å². The first-order valence-corrected chi connectivity index (χ1v) is 15.7. The number of nitrogens with one attached hydrogen (secondary N) is 2. The van der Waals surface area contributed by atoms with Crippen molar-refractivity contribution >= 4 is 22.4 Å². The molecular formula is C42H32N4. The lowest BCUT2D eigenvalue weighted by atomic mass is 9.91. The fraction of sp³-hybridized carbons (Fsp3) is 0.0476. The third-order valence-electron chi connectivity index (χ3n) is 8.65. The van der Waals surface area contributed by atoms with Gasteiger partial charge in [-0.25, -0.2) is 9.98 Å². The maximum Gasteiger partial charge on any atom is 0.159 e. The van der Waals surface area contributed by atoms with Crippen LogP contribution >= 0.6 is 0 Å². The minimum Gasteiger partial charge on any atom is -0.381 e. The van der Waals surface area contributed by atoms with Crippen LogP contribution in [0, 0.1) is 0 Å². The summed E-state index contributed by atoms with van der Waals surface area (Å²) in [4.78, 5) is 10.0. The Bertz CT molecular complexity index is 2130. The third-order valence-corrected chi connectivity index (χ3v) is 8.65. The number of nitrogens with zero attached hydrogens (tertiary/aromatic N) is 2. The van der Waals surface area contributed by atoms with Crippen LogP contribution in [0.3, 0.4) is 0 Å². The summed E-state index contributed by atoms with van der Waals surface area (Å²) < 4.78 is 0. The van der Waals surface area contributed by atoms with Crippen molar-refractivity contribution in [2.24, 2.45) is 9.98 Å². The minimum absolute atomic E-state index is 0.205. The molecule has 8 rings (SSSR count). The number of benzene rings is 6. The zero-order valence-electron chi connectivity index (χ0n) is 25.2. The molecule has 0 amide bonds. The van der Waals surface area contributed by atoms with Gasteiger partial charge in [0.25, 0.3) is 0 Å². The number of dihydropyridines is 1. The first-order chi connectivity index (χ1) is 22.8. The molecule has 2 aliphatic heterocycles. The zero-order chi connectivity index (χ0) is 30.7. The molecule has 4 heteroatoms. The lowest BCUT2D eigenvalue weighted by Crippen LogP contribution is -2.33. The second kappa shape index (κ2) is 12.2. The van der Waals surface area contributed by atoms with Crippen molar-refractivity contribution in [3.05, 3.63) is 192 Å². The first-order valence-electron chi connectivity index (χ1n) is 15.7. The summed E-state index contributed by atoms with van der Waals surface area (Å²) >= 11 is 0. The highest BCUT2D eigenvalue weighted by Crippen LogP contribution is 2.36. The Kier molecular flexibility index (Phi) is 7.29. The molecule has 220 valence electrons. The van der Waals surface area contributed by atoms with Crippen LogP contribution in [0.15, 0.2) is 180 Å². The van der Waals surface area contributed by atoms with E-state index in [0.29, 0.717) is 0 Å². The molecule has 0 aromatic heterocycles. The second-order valence-electron chi connectivity index (χ2n) is 11.5. The number of amidine groups is 2. The molecule has 6 aromatic rings. The lowest BCUT2D eigenvalue weighted by molar-refractivity contribution is 0.674. The van der Waals surface area contributed by atoms with E-state index in [0.717, 1.165) is 33.9 Å². The quantitative estimate of drug-likeness (QED) is 0.202. The molecular weight excluding hydrogens is 560 g/mol. The van der Waals surface area contributed by atoms with Gasteiger partial charge in [-0.15, -0.1) is 0 Å². The van der Waals surface area contributed by atoms with Gasteiger partial charge in [-0.05, 0) is 56.4 Å². The molecule has 0 spiro atoms. The Morgan fingerprint density at radius 3 is 1.70 bits per heavy atom. The number of hydrogen-bond donors (Lipinski definition) is 2. The Balaban J connectivity index is 1.13. The normalized spacial score (nSPS) is 17.1. The molecule has 0 radical (unpaired) electrons. The minimum atomic E-state index is -0.221. The third kappa shape index (κ3) is 5.42. The molecule has 2 heterocycles. The fourth-order valence-corrected chi connectivity index (χ4v) is 6.25. The summed E-state index contributed by atoms with van der Waals surface area (Å²) in [5, 5.41) is 9.41. The highest BCUT2D eigenvalue weighted by molar-refractivity contribution is 6.13. The topological polar surface area (TPSA) is 48.8 Å². The molecule has 2 N–H and O–H groups in total. The van der Waals surface area contributed by atoms with Crippen LogP contribution in [0.4, 0.5) is 0 Å². The SMILES string of the molecule is C1=CNC(c2ccc(-c3ccc(-c4ccc(C5=NC(c6ccccc6)NC(c6ccccc6)=N5)cc4)c4ccccc34)cc2)C=C1. The number of hydrogen-bond acceptors (Lipinski definition) is 4. The average molecular weight is 593 g/mol. The van der Waals surface area contributed by atoms with E-state index in [9.17, 15) is 0 Å². The van der Waals surface area contributed by atoms with Crippen LogP contribution in [0.25, 0.3) is 33.0 Å². The fourth-order valence-electron chi connectivity index (χ4n) is 6.25. The predicted octanol–water partition coefficient (Wildman–Crippen LogP) is 9.38. The number of fused-ring (bicyclic) bond motifs is 1. The molecule has 2 unspecified atom stereocenters. The van der Waals surface area contributed by atoms with Gasteiger partial charge in [0.15, 0.2) is 5.84 Å². The lowest BCUT2D eigenvalue weighted by Gasteiger charge is -2.23. The average Bonchev–Trinajstić information content (AvgIpc) is 3.15. The van der Waals surface area contributed by atoms with Crippen LogP contribution in [0.5, 0.6) is 0 Å². The van der Waals surface area contributed by atoms with Gasteiger partial charge < -0.3 is 10.6 Å². The highest BCUT2D eigenvalue weighted by atomic mass is 15.2. The molecule has 4 nitrogen and oxygen atoms in total. The molecule has 0 aliphatic carbocycles. The summed E-state index contributed by atoms with van der Waals surface area (Å²) in [6.07, 6.45) is 8.06. The molecule has 6 aromatic carbocycles. The van der Waals surface area contributed by atoms with Crippen molar-refractivity contribution in [1.29, 1.82) is 0 Å². The first kappa shape index (κ1) is 27.5. The van der Waals surface area contributed by atoms with Crippen LogP contribution < -0.4 is 10.6 Å². The molecule has 0 saturated heterocycles. The summed E-state index contributed by atoms with van der Waals surface area (Å²) in [7, 11) is 0. The summed E-state index contributed by atoms with van der Waals surface area (Å²) in [5.74, 6) is 1.54. The second-order valence-corrected chi connectivity index (χ2v) is 11.5. The van der Waals surface area contributed by atoms with Crippen LogP contribution in [0.2, 0.25) is 0 Å². The monoisotopic (exact) mass is 592 g/mol. The van der Waals surface area contributed by atoms with Gasteiger partial charge in [0.05, 0.1) is 6.04 Å². The van der Waals surface area contributed by atoms with E-state index in [2.05, 4.69) is 132 Å². The molecule has 0 bridgehead atoms. The largest absolute Gasteiger partial charge is 0.381 e. The van der Waals surface area contributed by atoms with Crippen molar-refractivity contribution in [3.63, 3.8) is 0 Å². The van der Waals surface area contributed by atoms with E-state index in [1.807, 2.05) is 48.7 Å². The van der Waals surface area contributed by atoms with Crippen molar-refractivity contribution in [3.8, 4) is 22.3 Å². The Hall–Kier alpha value is -6.00. The summed E-state index contributed by atoms with van der Waals surface area (Å²) in [5.41, 5.74) is 9.17. The Morgan fingerprint density at radius 1 is 0.478 bits per heavy atom. The van der Waals surface area contributed by atoms with Crippen LogP contribution in [-0.2, 0) is 0 Å². The van der Waals surface area contributed by atoms with Gasteiger partial charge >= 0.3 is 0 Å². The number of allylic oxidation sites excluding steroid dienone is 2. The van der Waals surface area contributed by atoms with Crippen LogP contribution in [0.1, 0.15) is 34.5 Å². The summed E-state index contributed by atoms with van der Waals surface area (Å²) in [6.45, 7) is 0. The molecule has 0 saturated carbocycles. The van der Waals surface area contributed by atoms with Gasteiger partial charge in [0, 0.05) is 11.1 Å². The molecule has 2 aliphatic rings. The van der Waals surface area contributed by atoms with E-state index in [1.165, 1.54) is 33.0 Å². The van der Waals surface area contributed by atoms with Crippen molar-refractivity contribution in [2.45, 2.75) is 12.2 Å². The Labute approximate surface area is 269 Å². The van der Waals surface area contributed by atoms with Crippen molar-refractivity contribution in [1.82, 2.24) is 10.6 Å². The van der Waals surface area contributed by atoms with E-state index >= 15 is 0 Å². The van der Waals surface area contributed by atoms with Crippen molar-refractivity contribution < 1.29 is 0 Å². The van der Waals surface area contributed by atoms with E-state index in [-0.39, 0.29) is 12.2 Å². The Morgan fingerprint density at radius 2 is 1.07 bits per heavy atom. The number of aliphatic imine (C=N–C) groups is 2. The van der Waals surface area contributed by atoms with E-state index < -0.39 is 0 Å².